The molecule has 1 rings (SSSR count). The Hall–Kier alpha value is -1.48. The molecule has 0 atom stereocenters. The summed E-state index contributed by atoms with van der Waals surface area (Å²) >= 11 is 2.86. The Morgan fingerprint density at radius 3 is 2.00 bits per heavy atom. The minimum Gasteiger partial charge on any atom is -0.480 e. The second-order valence-electron chi connectivity index (χ2n) is 2.90. The van der Waals surface area contributed by atoms with Crippen molar-refractivity contribution in [2.24, 2.45) is 0 Å². The largest absolute Gasteiger partial charge is 0.480 e. The standard InChI is InChI=1S/C4H6BrNO3.C4H5NO3/c5-1-3(7)6-2-4(8)9;6-3-1-2-4(7)5(3)8/h1-2H2,(H,6,7)(H,8,9);8H,1-2H2. The van der Waals surface area contributed by atoms with Crippen molar-refractivity contribution in [3.05, 3.63) is 0 Å². The molecule has 1 fully saturated rings. The minimum absolute atomic E-state index is 0.139. The number of hydrogen-bond donors (Lipinski definition) is 3. The van der Waals surface area contributed by atoms with Gasteiger partial charge in [-0.15, -0.1) is 0 Å². The number of aliphatic carboxylic acids is 1. The molecule has 0 radical (unpaired) electrons. The lowest BCUT2D eigenvalue weighted by atomic mass is 10.4. The predicted octanol–water partition coefficient (Wildman–Crippen LogP) is -0.893. The zero-order valence-corrected chi connectivity index (χ0v) is 10.3. The Morgan fingerprint density at radius 1 is 1.29 bits per heavy atom. The van der Waals surface area contributed by atoms with Gasteiger partial charge in [0.15, 0.2) is 0 Å². The smallest absolute Gasteiger partial charge is 0.322 e. The molecule has 8 nitrogen and oxygen atoms in total. The van der Waals surface area contributed by atoms with E-state index in [0.29, 0.717) is 0 Å². The van der Waals surface area contributed by atoms with Crippen LogP contribution >= 0.6 is 15.9 Å². The van der Waals surface area contributed by atoms with Crippen LogP contribution in [-0.2, 0) is 19.2 Å². The van der Waals surface area contributed by atoms with Crippen LogP contribution in [0.1, 0.15) is 12.8 Å². The molecule has 0 spiro atoms. The monoisotopic (exact) mass is 310 g/mol. The van der Waals surface area contributed by atoms with Crippen molar-refractivity contribution in [3.8, 4) is 0 Å². The molecular weight excluding hydrogens is 300 g/mol. The molecule has 1 aliphatic rings. The number of nitrogens with one attached hydrogen (secondary N) is 1. The lowest BCUT2D eigenvalue weighted by molar-refractivity contribution is -0.171. The Morgan fingerprint density at radius 2 is 1.76 bits per heavy atom. The van der Waals surface area contributed by atoms with Crippen LogP contribution < -0.4 is 5.32 Å². The maximum absolute atomic E-state index is 10.3. The average Bonchev–Trinajstić information content (AvgIpc) is 2.58. The first kappa shape index (κ1) is 15.5. The van der Waals surface area contributed by atoms with Crippen LogP contribution in [0.4, 0.5) is 0 Å². The van der Waals surface area contributed by atoms with Gasteiger partial charge in [-0.05, 0) is 0 Å². The zero-order chi connectivity index (χ0) is 13.4. The van der Waals surface area contributed by atoms with Crippen molar-refractivity contribution in [3.63, 3.8) is 0 Å². The lowest BCUT2D eigenvalue weighted by Gasteiger charge is -1.98. The van der Waals surface area contributed by atoms with Gasteiger partial charge in [0.2, 0.25) is 5.91 Å². The molecule has 0 bridgehead atoms. The Kier molecular flexibility index (Phi) is 7.06. The molecule has 3 N–H and O–H groups in total. The number of amides is 3. The number of halogens is 1. The van der Waals surface area contributed by atoms with Crippen LogP contribution in [0.15, 0.2) is 0 Å². The van der Waals surface area contributed by atoms with Crippen molar-refractivity contribution >= 4 is 39.6 Å². The maximum atomic E-state index is 10.3. The van der Waals surface area contributed by atoms with Crippen molar-refractivity contribution in [2.75, 3.05) is 11.9 Å². The molecule has 0 saturated carbocycles. The molecule has 3 amide bonds. The molecule has 17 heavy (non-hydrogen) atoms. The van der Waals surface area contributed by atoms with Crippen molar-refractivity contribution in [2.45, 2.75) is 12.8 Å². The molecular formula is C8H11BrN2O6. The molecule has 0 aromatic rings. The molecule has 1 heterocycles. The zero-order valence-electron chi connectivity index (χ0n) is 8.68. The highest BCUT2D eigenvalue weighted by molar-refractivity contribution is 9.09. The van der Waals surface area contributed by atoms with E-state index in [1.165, 1.54) is 0 Å². The van der Waals surface area contributed by atoms with Gasteiger partial charge in [0.1, 0.15) is 6.54 Å². The van der Waals surface area contributed by atoms with E-state index < -0.39 is 17.8 Å². The second kappa shape index (κ2) is 7.74. The molecule has 9 heteroatoms. The van der Waals surface area contributed by atoms with Crippen LogP contribution in [0.2, 0.25) is 0 Å². The number of hydroxylamine groups is 2. The first-order valence-corrected chi connectivity index (χ1v) is 5.59. The van der Waals surface area contributed by atoms with Crippen LogP contribution in [0.25, 0.3) is 0 Å². The number of nitrogens with zero attached hydrogens (tertiary/aromatic N) is 1. The average molecular weight is 311 g/mol. The van der Waals surface area contributed by atoms with Gasteiger partial charge >= 0.3 is 5.97 Å². The summed E-state index contributed by atoms with van der Waals surface area (Å²) in [4.78, 5) is 40.6. The van der Waals surface area contributed by atoms with E-state index in [2.05, 4.69) is 21.2 Å². The Balaban J connectivity index is 0.000000302. The number of carbonyl (C=O) groups excluding carboxylic acids is 3. The number of hydrogen-bond acceptors (Lipinski definition) is 5. The number of carboxylic acids is 1. The molecule has 1 aliphatic heterocycles. The first-order valence-electron chi connectivity index (χ1n) is 4.47. The number of alkyl halides is 1. The molecule has 1 saturated heterocycles. The summed E-state index contributed by atoms with van der Waals surface area (Å²) < 4.78 is 0. The van der Waals surface area contributed by atoms with Crippen LogP contribution in [-0.4, -0.2) is 50.9 Å². The van der Waals surface area contributed by atoms with E-state index in [9.17, 15) is 19.2 Å². The summed E-state index contributed by atoms with van der Waals surface area (Å²) in [7, 11) is 0. The summed E-state index contributed by atoms with van der Waals surface area (Å²) in [5.41, 5.74) is 0. The number of carboxylic acid groups (broad SMARTS) is 1. The van der Waals surface area contributed by atoms with Gasteiger partial charge in [-0.1, -0.05) is 15.9 Å². The minimum atomic E-state index is -1.04. The second-order valence-corrected chi connectivity index (χ2v) is 3.46. The lowest BCUT2D eigenvalue weighted by Crippen LogP contribution is -2.29. The van der Waals surface area contributed by atoms with Gasteiger partial charge in [-0.25, -0.2) is 0 Å². The number of rotatable bonds is 3. The van der Waals surface area contributed by atoms with E-state index in [4.69, 9.17) is 10.3 Å². The van der Waals surface area contributed by atoms with E-state index >= 15 is 0 Å². The maximum Gasteiger partial charge on any atom is 0.322 e. The van der Waals surface area contributed by atoms with E-state index in [0.717, 1.165) is 0 Å². The normalized spacial score (nSPS) is 14.1. The van der Waals surface area contributed by atoms with E-state index in [1.807, 2.05) is 0 Å². The molecule has 0 aromatic heterocycles. The summed E-state index contributed by atoms with van der Waals surface area (Å²) in [5.74, 6) is -2.37. The Labute approximate surface area is 105 Å². The van der Waals surface area contributed by atoms with Crippen LogP contribution in [0, 0.1) is 0 Å². The Bertz CT molecular complexity index is 316. The fourth-order valence-corrected chi connectivity index (χ4v) is 0.984. The van der Waals surface area contributed by atoms with Gasteiger partial charge in [0.25, 0.3) is 11.8 Å². The van der Waals surface area contributed by atoms with E-state index in [1.54, 1.807) is 0 Å². The molecule has 0 unspecified atom stereocenters. The first-order chi connectivity index (χ1) is 7.88. The summed E-state index contributed by atoms with van der Waals surface area (Å²) in [6.07, 6.45) is 0.296. The fraction of sp³-hybridized carbons (Fsp3) is 0.500. The quantitative estimate of drug-likeness (QED) is 0.353. The van der Waals surface area contributed by atoms with Gasteiger partial charge in [0.05, 0.1) is 5.33 Å². The van der Waals surface area contributed by atoms with Gasteiger partial charge < -0.3 is 10.4 Å². The van der Waals surface area contributed by atoms with Crippen molar-refractivity contribution in [1.82, 2.24) is 10.4 Å². The highest BCUT2D eigenvalue weighted by atomic mass is 79.9. The van der Waals surface area contributed by atoms with E-state index in [-0.39, 0.29) is 35.7 Å². The topological polar surface area (TPSA) is 124 Å². The summed E-state index contributed by atoms with van der Waals surface area (Å²) in [6.45, 7) is -0.315. The van der Waals surface area contributed by atoms with Gasteiger partial charge in [0, 0.05) is 12.8 Å². The third kappa shape index (κ3) is 6.64. The van der Waals surface area contributed by atoms with Crippen molar-refractivity contribution < 1.29 is 29.5 Å². The number of carbonyl (C=O) groups is 4. The van der Waals surface area contributed by atoms with Gasteiger partial charge in [-0.3, -0.25) is 24.4 Å². The van der Waals surface area contributed by atoms with Crippen molar-refractivity contribution in [1.29, 1.82) is 0 Å². The highest BCUT2D eigenvalue weighted by Crippen LogP contribution is 2.06. The third-order valence-corrected chi connectivity index (χ3v) is 2.09. The SMILES string of the molecule is O=C(O)CNC(=O)CBr.O=C1CCC(=O)N1O. The predicted molar refractivity (Wildman–Crippen MR) is 57.3 cm³/mol. The molecule has 0 aliphatic carbocycles. The molecule has 96 valence electrons. The fourth-order valence-electron chi connectivity index (χ4n) is 0.786. The summed E-state index contributed by atoms with van der Waals surface area (Å²) in [6, 6.07) is 0. The third-order valence-electron chi connectivity index (χ3n) is 1.58. The molecule has 0 aromatic carbocycles. The van der Waals surface area contributed by atoms with Crippen LogP contribution in [0.3, 0.4) is 0 Å². The summed E-state index contributed by atoms with van der Waals surface area (Å²) in [5, 5.41) is 18.9. The highest BCUT2D eigenvalue weighted by Gasteiger charge is 2.26. The van der Waals surface area contributed by atoms with Crippen LogP contribution in [0.5, 0.6) is 0 Å². The number of imide groups is 1. The van der Waals surface area contributed by atoms with Gasteiger partial charge in [-0.2, -0.15) is 5.06 Å².